The number of carbonyl (C=O) groups is 1. The highest BCUT2D eigenvalue weighted by Gasteiger charge is 2.25. The molecule has 0 atom stereocenters. The Kier molecular flexibility index (Phi) is 5.69. The van der Waals surface area contributed by atoms with Crippen LogP contribution in [-0.2, 0) is 21.2 Å². The van der Waals surface area contributed by atoms with Gasteiger partial charge in [0.15, 0.2) is 0 Å². The van der Waals surface area contributed by atoms with E-state index in [1.165, 1.54) is 25.2 Å². The molecule has 28 heavy (non-hydrogen) atoms. The minimum absolute atomic E-state index is 0.153. The molecule has 3 rings (SSSR count). The number of benzene rings is 1. The van der Waals surface area contributed by atoms with Crippen molar-refractivity contribution >= 4 is 38.3 Å². The summed E-state index contributed by atoms with van der Waals surface area (Å²) in [6.07, 6.45) is 0.584. The highest BCUT2D eigenvalue weighted by Crippen LogP contribution is 2.28. The quantitative estimate of drug-likeness (QED) is 0.345. The third kappa shape index (κ3) is 4.01. The Labute approximate surface area is 166 Å². The molecule has 0 amide bonds. The number of ether oxygens (including phenoxy) is 1. The molecule has 0 saturated carbocycles. The van der Waals surface area contributed by atoms with Gasteiger partial charge in [0.1, 0.15) is 22.1 Å². The maximum atomic E-state index is 12.4. The van der Waals surface area contributed by atoms with Gasteiger partial charge in [-0.1, -0.05) is 13.0 Å². The standard InChI is InChI=1S/C19H19NO6S2/c1-4-13-9-14-12(2)8-17(21)26-16(14)10-15(13)25-18(22)11-20(3)28(23,24)19-6-5-7-27-19/h5-10H,4,11H2,1-3H3. The van der Waals surface area contributed by atoms with Crippen molar-refractivity contribution in [2.24, 2.45) is 0 Å². The third-order valence-corrected chi connectivity index (χ3v) is 7.42. The lowest BCUT2D eigenvalue weighted by atomic mass is 10.1. The van der Waals surface area contributed by atoms with Gasteiger partial charge in [0, 0.05) is 24.6 Å². The van der Waals surface area contributed by atoms with Crippen molar-refractivity contribution in [1.82, 2.24) is 4.31 Å². The lowest BCUT2D eigenvalue weighted by Gasteiger charge is -2.16. The van der Waals surface area contributed by atoms with Crippen LogP contribution in [0.1, 0.15) is 18.1 Å². The Morgan fingerprint density at radius 1 is 1.29 bits per heavy atom. The van der Waals surface area contributed by atoms with Crippen LogP contribution in [0, 0.1) is 6.92 Å². The van der Waals surface area contributed by atoms with Crippen LogP contribution in [0.15, 0.2) is 49.1 Å². The molecule has 2 heterocycles. The van der Waals surface area contributed by atoms with Crippen molar-refractivity contribution in [3.05, 3.63) is 57.3 Å². The number of nitrogens with zero attached hydrogens (tertiary/aromatic N) is 1. The molecular formula is C19H19NO6S2. The molecule has 0 aliphatic rings. The number of hydrogen-bond donors (Lipinski definition) is 0. The largest absolute Gasteiger partial charge is 0.425 e. The molecule has 0 unspecified atom stereocenters. The first-order valence-corrected chi connectivity index (χ1v) is 10.8. The summed E-state index contributed by atoms with van der Waals surface area (Å²) < 4.78 is 36.6. The minimum atomic E-state index is -3.75. The number of hydrogen-bond acceptors (Lipinski definition) is 7. The van der Waals surface area contributed by atoms with Crippen LogP contribution < -0.4 is 10.4 Å². The van der Waals surface area contributed by atoms with Gasteiger partial charge in [0.05, 0.1) is 0 Å². The monoisotopic (exact) mass is 421 g/mol. The fourth-order valence-electron chi connectivity index (χ4n) is 2.75. The minimum Gasteiger partial charge on any atom is -0.425 e. The van der Waals surface area contributed by atoms with Gasteiger partial charge in [0.2, 0.25) is 0 Å². The normalized spacial score (nSPS) is 11.9. The first-order valence-electron chi connectivity index (χ1n) is 8.50. The van der Waals surface area contributed by atoms with Crippen LogP contribution in [0.2, 0.25) is 0 Å². The number of likely N-dealkylation sites (N-methyl/N-ethyl adjacent to an activating group) is 1. The lowest BCUT2D eigenvalue weighted by Crippen LogP contribution is -2.33. The highest BCUT2D eigenvalue weighted by molar-refractivity contribution is 7.91. The second-order valence-corrected chi connectivity index (χ2v) is 9.44. The summed E-state index contributed by atoms with van der Waals surface area (Å²) in [6.45, 7) is 3.26. The van der Waals surface area contributed by atoms with Crippen LogP contribution in [0.4, 0.5) is 0 Å². The number of sulfonamides is 1. The average molecular weight is 421 g/mol. The number of thiophene rings is 1. The van der Waals surface area contributed by atoms with Gasteiger partial charge < -0.3 is 9.15 Å². The molecule has 0 aliphatic carbocycles. The van der Waals surface area contributed by atoms with E-state index >= 15 is 0 Å². The molecule has 0 bridgehead atoms. The summed E-state index contributed by atoms with van der Waals surface area (Å²) in [7, 11) is -2.43. The number of carbonyl (C=O) groups excluding carboxylic acids is 1. The molecule has 0 fully saturated rings. The maximum Gasteiger partial charge on any atom is 0.336 e. The van der Waals surface area contributed by atoms with E-state index in [4.69, 9.17) is 9.15 Å². The maximum absolute atomic E-state index is 12.4. The van der Waals surface area contributed by atoms with E-state index in [2.05, 4.69) is 0 Å². The predicted molar refractivity (Wildman–Crippen MR) is 106 cm³/mol. The number of fused-ring (bicyclic) bond motifs is 1. The van der Waals surface area contributed by atoms with Gasteiger partial charge in [-0.15, -0.1) is 11.3 Å². The first-order chi connectivity index (χ1) is 13.2. The van der Waals surface area contributed by atoms with Gasteiger partial charge in [0.25, 0.3) is 10.0 Å². The van der Waals surface area contributed by atoms with Crippen LogP contribution >= 0.6 is 11.3 Å². The number of esters is 1. The molecule has 0 radical (unpaired) electrons. The van der Waals surface area contributed by atoms with Gasteiger partial charge >= 0.3 is 11.6 Å². The average Bonchev–Trinajstić information content (AvgIpc) is 3.16. The predicted octanol–water partition coefficient (Wildman–Crippen LogP) is 2.95. The first kappa shape index (κ1) is 20.2. The highest BCUT2D eigenvalue weighted by atomic mass is 32.2. The van der Waals surface area contributed by atoms with Crippen LogP contribution in [-0.4, -0.2) is 32.3 Å². The molecule has 1 aromatic carbocycles. The van der Waals surface area contributed by atoms with Gasteiger partial charge in [-0.05, 0) is 42.0 Å². The Morgan fingerprint density at radius 2 is 2.04 bits per heavy atom. The molecule has 0 N–H and O–H groups in total. The topological polar surface area (TPSA) is 93.9 Å². The van der Waals surface area contributed by atoms with Crippen LogP contribution in [0.3, 0.4) is 0 Å². The van der Waals surface area contributed by atoms with Crippen molar-refractivity contribution in [2.45, 2.75) is 24.5 Å². The number of rotatable bonds is 6. The smallest absolute Gasteiger partial charge is 0.336 e. The fraction of sp³-hybridized carbons (Fsp3) is 0.263. The molecule has 0 aliphatic heterocycles. The summed E-state index contributed by atoms with van der Waals surface area (Å²) in [5.74, 6) is -0.484. The third-order valence-electron chi connectivity index (χ3n) is 4.25. The van der Waals surface area contributed by atoms with Crippen LogP contribution in [0.25, 0.3) is 11.0 Å². The summed E-state index contributed by atoms with van der Waals surface area (Å²) in [6, 6.07) is 7.81. The van der Waals surface area contributed by atoms with E-state index in [0.717, 1.165) is 32.2 Å². The molecule has 0 spiro atoms. The van der Waals surface area contributed by atoms with E-state index in [0.29, 0.717) is 12.0 Å². The van der Waals surface area contributed by atoms with Gasteiger partial charge in [-0.25, -0.2) is 13.2 Å². The Hall–Kier alpha value is -2.49. The Balaban J connectivity index is 1.85. The molecule has 3 aromatic rings. The Morgan fingerprint density at radius 3 is 2.68 bits per heavy atom. The second kappa shape index (κ2) is 7.86. The second-order valence-electron chi connectivity index (χ2n) is 6.23. The van der Waals surface area contributed by atoms with Crippen molar-refractivity contribution in [3.8, 4) is 5.75 Å². The molecule has 148 valence electrons. The van der Waals surface area contributed by atoms with Crippen LogP contribution in [0.5, 0.6) is 5.75 Å². The summed E-state index contributed by atoms with van der Waals surface area (Å²) >= 11 is 1.08. The SMILES string of the molecule is CCc1cc2c(C)cc(=O)oc2cc1OC(=O)CN(C)S(=O)(=O)c1cccs1. The molecular weight excluding hydrogens is 402 g/mol. The van der Waals surface area contributed by atoms with Crippen molar-refractivity contribution in [3.63, 3.8) is 0 Å². The zero-order valence-corrected chi connectivity index (χ0v) is 17.2. The van der Waals surface area contributed by atoms with Gasteiger partial charge in [-0.2, -0.15) is 4.31 Å². The molecule has 0 saturated heterocycles. The van der Waals surface area contributed by atoms with Gasteiger partial charge in [-0.3, -0.25) is 4.79 Å². The number of aryl methyl sites for hydroxylation is 2. The van der Waals surface area contributed by atoms with Crippen molar-refractivity contribution in [2.75, 3.05) is 13.6 Å². The van der Waals surface area contributed by atoms with Crippen molar-refractivity contribution < 1.29 is 22.4 Å². The summed E-state index contributed by atoms with van der Waals surface area (Å²) in [5.41, 5.74) is 1.33. The lowest BCUT2D eigenvalue weighted by molar-refractivity contribution is -0.134. The zero-order chi connectivity index (χ0) is 20.5. The zero-order valence-electron chi connectivity index (χ0n) is 15.6. The molecule has 7 nitrogen and oxygen atoms in total. The van der Waals surface area contributed by atoms with Crippen molar-refractivity contribution in [1.29, 1.82) is 0 Å². The molecule has 2 aromatic heterocycles. The van der Waals surface area contributed by atoms with E-state index in [-0.39, 0.29) is 9.96 Å². The van der Waals surface area contributed by atoms with E-state index in [1.54, 1.807) is 18.4 Å². The summed E-state index contributed by atoms with van der Waals surface area (Å²) in [5, 5.41) is 2.41. The molecule has 9 heteroatoms. The van der Waals surface area contributed by atoms with E-state index in [9.17, 15) is 18.0 Å². The fourth-order valence-corrected chi connectivity index (χ4v) is 5.06. The summed E-state index contributed by atoms with van der Waals surface area (Å²) in [4.78, 5) is 24.0. The van der Waals surface area contributed by atoms with E-state index in [1.807, 2.05) is 13.0 Å². The van der Waals surface area contributed by atoms with E-state index < -0.39 is 28.2 Å². The Bertz CT molecular complexity index is 1180.